The molecule has 0 spiro atoms. The minimum atomic E-state index is -4.96. The lowest BCUT2D eigenvalue weighted by Crippen LogP contribution is -2.37. The highest BCUT2D eigenvalue weighted by Crippen LogP contribution is 2.64. The van der Waals surface area contributed by atoms with E-state index in [1.807, 2.05) is 0 Å². The van der Waals surface area contributed by atoms with Crippen LogP contribution in [0.5, 0.6) is 11.5 Å². The number of phenolic OH excluding ortho intramolecular Hbond substituents is 1. The summed E-state index contributed by atoms with van der Waals surface area (Å²) >= 11 is 0.804. The number of hydrogen-bond acceptors (Lipinski definition) is 19. The van der Waals surface area contributed by atoms with Crippen molar-refractivity contribution in [1.29, 1.82) is 0 Å². The molecule has 5 N–H and O–H groups in total. The minimum absolute atomic E-state index is 0.00135. The van der Waals surface area contributed by atoms with Crippen LogP contribution in [0.2, 0.25) is 0 Å². The Hall–Kier alpha value is -4.77. The first-order valence-corrected chi connectivity index (χ1v) is 22.3. The van der Waals surface area contributed by atoms with Crippen molar-refractivity contribution in [2.24, 2.45) is 0 Å². The maximum Gasteiger partial charge on any atom is 0.472 e. The number of esters is 1. The molecule has 312 valence electrons. The Bertz CT molecular complexity index is 2560. The maximum atomic E-state index is 15.0. The molecule has 8 rings (SSSR count). The highest BCUT2D eigenvalue weighted by Gasteiger charge is 2.53. The summed E-state index contributed by atoms with van der Waals surface area (Å²) in [6.45, 7) is -5.39. The average molecular weight is 876 g/mol. The topological polar surface area (TPSA) is 290 Å². The summed E-state index contributed by atoms with van der Waals surface area (Å²) in [6, 6.07) is 13.0. The Balaban J connectivity index is 1.08. The predicted octanol–water partition coefficient (Wildman–Crippen LogP) is 3.04. The molecule has 3 aliphatic rings. The molecule has 5 aromatic rings. The van der Waals surface area contributed by atoms with E-state index in [1.54, 1.807) is 24.3 Å². The number of phosphoric ester groups is 1. The van der Waals surface area contributed by atoms with Gasteiger partial charge in [-0.15, -0.1) is 0 Å². The Morgan fingerprint density at radius 1 is 0.966 bits per heavy atom. The maximum absolute atomic E-state index is 15.0. The second-order valence-electron chi connectivity index (χ2n) is 13.3. The van der Waals surface area contributed by atoms with Crippen molar-refractivity contribution in [2.75, 3.05) is 26.1 Å². The molecular formula is C34H35N7O15P2S. The van der Waals surface area contributed by atoms with Crippen molar-refractivity contribution >= 4 is 49.0 Å². The SMILES string of the molecule is CO[C@@H]1[C@@H]2O[P@](=O)(SCc3ccc(OC(=O)c4ccc(O)cc4)cc3)OC[C@@H]3C[C@@H](OP(=O)(O)OC[C@H]2O[C@H]1n1cnc2c(N)ncnc21)[C@H](n1ccc(=O)[nH]c1=O)O3. The molecule has 59 heavy (non-hydrogen) atoms. The highest BCUT2D eigenvalue weighted by atomic mass is 32.7. The largest absolute Gasteiger partial charge is 0.508 e. The van der Waals surface area contributed by atoms with Crippen molar-refractivity contribution in [2.45, 2.75) is 55.1 Å². The zero-order valence-corrected chi connectivity index (χ0v) is 33.2. The van der Waals surface area contributed by atoms with Crippen LogP contribution in [0.1, 0.15) is 34.8 Å². The number of phosphoric acid groups is 1. The summed E-state index contributed by atoms with van der Waals surface area (Å²) in [7, 11) is -3.60. The Morgan fingerprint density at radius 2 is 1.75 bits per heavy atom. The van der Waals surface area contributed by atoms with Crippen LogP contribution in [0.25, 0.3) is 11.2 Å². The molecule has 1 unspecified atom stereocenters. The highest BCUT2D eigenvalue weighted by molar-refractivity contribution is 8.54. The van der Waals surface area contributed by atoms with Gasteiger partial charge >= 0.3 is 26.3 Å². The molecule has 0 amide bonds. The number of benzene rings is 2. The third kappa shape index (κ3) is 8.91. The second kappa shape index (κ2) is 16.7. The fourth-order valence-corrected chi connectivity index (χ4v) is 11.0. The third-order valence-corrected chi connectivity index (χ3v) is 14.1. The van der Waals surface area contributed by atoms with Crippen LogP contribution in [-0.2, 0) is 47.2 Å². The molecule has 3 aromatic heterocycles. The number of carbonyl (C=O) groups is 1. The minimum Gasteiger partial charge on any atom is -0.508 e. The van der Waals surface area contributed by atoms with Gasteiger partial charge in [-0.05, 0) is 53.3 Å². The van der Waals surface area contributed by atoms with Crippen molar-refractivity contribution < 1.29 is 61.0 Å². The van der Waals surface area contributed by atoms with E-state index in [0.717, 1.165) is 28.2 Å². The van der Waals surface area contributed by atoms with Gasteiger partial charge in [-0.2, -0.15) is 0 Å². The smallest absolute Gasteiger partial charge is 0.472 e. The van der Waals surface area contributed by atoms with Gasteiger partial charge < -0.3 is 34.7 Å². The number of nitrogens with zero attached hydrogens (tertiary/aromatic N) is 5. The van der Waals surface area contributed by atoms with E-state index < -0.39 is 88.0 Å². The zero-order chi connectivity index (χ0) is 41.5. The molecule has 0 aliphatic carbocycles. The summed E-state index contributed by atoms with van der Waals surface area (Å²) in [5.74, 6) is -0.279. The molecule has 2 aromatic carbocycles. The summed E-state index contributed by atoms with van der Waals surface area (Å²) in [4.78, 5) is 62.7. The van der Waals surface area contributed by atoms with E-state index in [1.165, 1.54) is 48.6 Å². The van der Waals surface area contributed by atoms with E-state index in [-0.39, 0.29) is 46.2 Å². The number of fused-ring (bicyclic) bond motifs is 4. The molecule has 22 nitrogen and oxygen atoms in total. The van der Waals surface area contributed by atoms with E-state index >= 15 is 0 Å². The summed E-state index contributed by atoms with van der Waals surface area (Å²) in [5.41, 5.74) is 5.83. The first-order valence-electron chi connectivity index (χ1n) is 17.7. The van der Waals surface area contributed by atoms with Crippen LogP contribution in [0, 0.1) is 0 Å². The molecular weight excluding hydrogens is 840 g/mol. The van der Waals surface area contributed by atoms with Crippen molar-refractivity contribution in [3.63, 3.8) is 0 Å². The van der Waals surface area contributed by atoms with Crippen LogP contribution < -0.4 is 21.7 Å². The van der Waals surface area contributed by atoms with E-state index in [9.17, 15) is 33.5 Å². The number of rotatable bonds is 8. The zero-order valence-electron chi connectivity index (χ0n) is 30.6. The average Bonchev–Trinajstić information content (AvgIpc) is 3.91. The van der Waals surface area contributed by atoms with Gasteiger partial charge in [0.1, 0.15) is 47.8 Å². The lowest BCUT2D eigenvalue weighted by atomic mass is 10.1. The number of anilines is 1. The number of nitrogen functional groups attached to an aromatic ring is 1. The Kier molecular flexibility index (Phi) is 11.6. The van der Waals surface area contributed by atoms with Crippen LogP contribution in [0.15, 0.2) is 83.0 Å². The van der Waals surface area contributed by atoms with Gasteiger partial charge in [0.2, 0.25) is 0 Å². The van der Waals surface area contributed by atoms with Gasteiger partial charge in [-0.3, -0.25) is 37.0 Å². The van der Waals surface area contributed by atoms with Crippen molar-refractivity contribution in [3.8, 4) is 11.5 Å². The lowest BCUT2D eigenvalue weighted by Gasteiger charge is -2.28. The molecule has 0 radical (unpaired) electrons. The number of carbonyl (C=O) groups excluding carboxylic acids is 1. The number of ether oxygens (including phenoxy) is 4. The Labute approximate surface area is 336 Å². The van der Waals surface area contributed by atoms with Crippen LogP contribution in [-0.4, -0.2) is 95.9 Å². The number of methoxy groups -OCH3 is 1. The number of phenols is 1. The molecule has 3 fully saturated rings. The number of aromatic nitrogens is 6. The number of nitrogens with one attached hydrogen (secondary N) is 1. The van der Waals surface area contributed by atoms with Crippen molar-refractivity contribution in [3.05, 3.63) is 105 Å². The number of aromatic hydroxyl groups is 1. The van der Waals surface area contributed by atoms with E-state index in [2.05, 4.69) is 19.9 Å². The first kappa shape index (κ1) is 41.0. The van der Waals surface area contributed by atoms with Gasteiger partial charge in [-0.25, -0.2) is 33.7 Å². The van der Waals surface area contributed by atoms with Gasteiger partial charge in [0.15, 0.2) is 23.9 Å². The predicted molar refractivity (Wildman–Crippen MR) is 204 cm³/mol. The monoisotopic (exact) mass is 875 g/mol. The number of H-pyrrole nitrogens is 1. The van der Waals surface area contributed by atoms with Crippen LogP contribution in [0.3, 0.4) is 0 Å². The number of hydrogen-bond donors (Lipinski definition) is 4. The van der Waals surface area contributed by atoms with E-state index in [0.29, 0.717) is 5.56 Å². The molecule has 3 aliphatic heterocycles. The lowest BCUT2D eigenvalue weighted by molar-refractivity contribution is -0.0668. The van der Waals surface area contributed by atoms with Gasteiger partial charge in [0.25, 0.3) is 5.56 Å². The van der Waals surface area contributed by atoms with Crippen molar-refractivity contribution in [1.82, 2.24) is 29.1 Å². The molecule has 2 bridgehead atoms. The summed E-state index contributed by atoms with van der Waals surface area (Å²) < 4.78 is 78.0. The third-order valence-electron chi connectivity index (χ3n) is 9.46. The molecule has 25 heteroatoms. The fourth-order valence-electron chi connectivity index (χ4n) is 6.65. The number of imidazole rings is 1. The standard InChI is InChI=1S/C34H35N7O15P2S/c1-49-28-27-24(54-32(28)41-17-38-26-29(35)36-16-37-30(26)41)14-50-57(46,47)55-23-12-22(52-31(23)40-11-10-25(43)39-34(40)45)13-51-58(48,56-27)59-15-18-2-8-21(9-3-18)53-33(44)19-4-6-20(42)7-5-19/h2-11,16-17,22-24,27-28,31-32,42H,12-15H2,1H3,(H,46,47)(H2,35,36,37)(H,39,43,45)/t22-,23+,24+,27+,28+,31+,32+,58+/m0/s1. The van der Waals surface area contributed by atoms with Gasteiger partial charge in [0, 0.05) is 31.5 Å². The molecule has 3 saturated heterocycles. The van der Waals surface area contributed by atoms with Crippen LogP contribution in [0.4, 0.5) is 5.82 Å². The van der Waals surface area contributed by atoms with Gasteiger partial charge in [-0.1, -0.05) is 12.1 Å². The molecule has 6 heterocycles. The van der Waals surface area contributed by atoms with Crippen LogP contribution >= 0.6 is 26.0 Å². The van der Waals surface area contributed by atoms with Gasteiger partial charge in [0.05, 0.1) is 31.2 Å². The number of nitrogens with two attached hydrogens (primary N) is 1. The molecule has 0 saturated carbocycles. The normalized spacial score (nSPS) is 29.9. The Morgan fingerprint density at radius 3 is 2.49 bits per heavy atom. The summed E-state index contributed by atoms with van der Waals surface area (Å²) in [6.07, 6.45) is -4.69. The summed E-state index contributed by atoms with van der Waals surface area (Å²) in [5, 5.41) is 9.52. The second-order valence-corrected chi connectivity index (χ2v) is 18.8. The van der Waals surface area contributed by atoms with E-state index in [4.69, 9.17) is 42.8 Å². The fraction of sp³-hybridized carbons (Fsp3) is 0.353. The molecule has 9 atom stereocenters. The quantitative estimate of drug-likeness (QED) is 0.0989. The number of aromatic amines is 1. The first-order chi connectivity index (χ1) is 28.3.